The van der Waals surface area contributed by atoms with Crippen molar-refractivity contribution in [2.45, 2.75) is 17.4 Å². The first-order valence-corrected chi connectivity index (χ1v) is 8.08. The second-order valence-corrected chi connectivity index (χ2v) is 5.85. The van der Waals surface area contributed by atoms with Crippen molar-refractivity contribution in [3.63, 3.8) is 0 Å². The molecule has 1 aliphatic heterocycles. The van der Waals surface area contributed by atoms with Crippen LogP contribution in [0.25, 0.3) is 0 Å². The molecule has 2 nitrogen and oxygen atoms in total. The summed E-state index contributed by atoms with van der Waals surface area (Å²) in [6, 6.07) is 15.5. The molecule has 2 aromatic rings. The SMILES string of the molecule is COc1ccc2c(c1)CCNC2c1ccc(SC)cc1. The van der Waals surface area contributed by atoms with Crippen LogP contribution in [0.15, 0.2) is 47.4 Å². The van der Waals surface area contributed by atoms with Crippen LogP contribution in [0.3, 0.4) is 0 Å². The molecule has 1 N–H and O–H groups in total. The zero-order valence-corrected chi connectivity index (χ0v) is 12.7. The molecule has 0 radical (unpaired) electrons. The Morgan fingerprint density at radius 1 is 1.15 bits per heavy atom. The summed E-state index contributed by atoms with van der Waals surface area (Å²) in [5.41, 5.74) is 4.09. The molecule has 3 heteroatoms. The third kappa shape index (κ3) is 2.56. The van der Waals surface area contributed by atoms with Gasteiger partial charge in [0.15, 0.2) is 0 Å². The molecule has 1 aliphatic rings. The summed E-state index contributed by atoms with van der Waals surface area (Å²) in [5, 5.41) is 3.62. The van der Waals surface area contributed by atoms with E-state index in [0.717, 1.165) is 18.7 Å². The van der Waals surface area contributed by atoms with Gasteiger partial charge in [0, 0.05) is 11.4 Å². The first-order chi connectivity index (χ1) is 9.81. The Morgan fingerprint density at radius 3 is 2.65 bits per heavy atom. The fraction of sp³-hybridized carbons (Fsp3) is 0.294. The van der Waals surface area contributed by atoms with Crippen molar-refractivity contribution in [2.24, 2.45) is 0 Å². The van der Waals surface area contributed by atoms with Gasteiger partial charge in [-0.3, -0.25) is 0 Å². The second kappa shape index (κ2) is 5.90. The average Bonchev–Trinajstić information content (AvgIpc) is 2.54. The van der Waals surface area contributed by atoms with Crippen LogP contribution in [-0.2, 0) is 6.42 Å². The molecule has 20 heavy (non-hydrogen) atoms. The second-order valence-electron chi connectivity index (χ2n) is 4.98. The minimum atomic E-state index is 0.292. The summed E-state index contributed by atoms with van der Waals surface area (Å²) in [6.45, 7) is 1.01. The Labute approximate surface area is 124 Å². The van der Waals surface area contributed by atoms with Gasteiger partial charge >= 0.3 is 0 Å². The Bertz CT molecular complexity index is 594. The van der Waals surface area contributed by atoms with E-state index in [-0.39, 0.29) is 0 Å². The summed E-state index contributed by atoms with van der Waals surface area (Å²) in [7, 11) is 1.72. The van der Waals surface area contributed by atoms with Gasteiger partial charge in [0.25, 0.3) is 0 Å². The van der Waals surface area contributed by atoms with Crippen molar-refractivity contribution in [2.75, 3.05) is 19.9 Å². The summed E-state index contributed by atoms with van der Waals surface area (Å²) < 4.78 is 5.33. The Balaban J connectivity index is 1.96. The van der Waals surface area contributed by atoms with Gasteiger partial charge in [-0.15, -0.1) is 11.8 Å². The van der Waals surface area contributed by atoms with Gasteiger partial charge < -0.3 is 10.1 Å². The first kappa shape index (κ1) is 13.5. The molecule has 0 spiro atoms. The molecule has 0 saturated carbocycles. The zero-order chi connectivity index (χ0) is 13.9. The fourth-order valence-corrected chi connectivity index (χ4v) is 3.17. The molecule has 3 rings (SSSR count). The maximum Gasteiger partial charge on any atom is 0.119 e. The van der Waals surface area contributed by atoms with Crippen molar-refractivity contribution < 1.29 is 4.74 Å². The molecular formula is C17H19NOS. The van der Waals surface area contributed by atoms with Crippen LogP contribution in [0, 0.1) is 0 Å². The van der Waals surface area contributed by atoms with Gasteiger partial charge in [0.1, 0.15) is 5.75 Å². The maximum absolute atomic E-state index is 5.33. The topological polar surface area (TPSA) is 21.3 Å². The highest BCUT2D eigenvalue weighted by Crippen LogP contribution is 2.31. The minimum Gasteiger partial charge on any atom is -0.497 e. The van der Waals surface area contributed by atoms with Crippen LogP contribution in [0.4, 0.5) is 0 Å². The van der Waals surface area contributed by atoms with Crippen LogP contribution >= 0.6 is 11.8 Å². The highest BCUT2D eigenvalue weighted by atomic mass is 32.2. The van der Waals surface area contributed by atoms with Crippen LogP contribution in [-0.4, -0.2) is 19.9 Å². The van der Waals surface area contributed by atoms with Crippen molar-refractivity contribution in [3.05, 3.63) is 59.2 Å². The molecule has 0 saturated heterocycles. The van der Waals surface area contributed by atoms with E-state index < -0.39 is 0 Å². The van der Waals surface area contributed by atoms with Crippen LogP contribution in [0.1, 0.15) is 22.7 Å². The molecule has 0 amide bonds. The molecule has 0 aromatic heterocycles. The first-order valence-electron chi connectivity index (χ1n) is 6.86. The minimum absolute atomic E-state index is 0.292. The number of hydrogen-bond acceptors (Lipinski definition) is 3. The van der Waals surface area contributed by atoms with Gasteiger partial charge in [-0.05, 0) is 53.6 Å². The monoisotopic (exact) mass is 285 g/mol. The van der Waals surface area contributed by atoms with E-state index in [1.807, 2.05) is 0 Å². The molecule has 1 unspecified atom stereocenters. The van der Waals surface area contributed by atoms with E-state index in [0.29, 0.717) is 6.04 Å². The van der Waals surface area contributed by atoms with E-state index in [2.05, 4.69) is 54.0 Å². The molecule has 2 aromatic carbocycles. The van der Waals surface area contributed by atoms with Gasteiger partial charge in [-0.1, -0.05) is 18.2 Å². The quantitative estimate of drug-likeness (QED) is 0.870. The van der Waals surface area contributed by atoms with Crippen LogP contribution < -0.4 is 10.1 Å². The summed E-state index contributed by atoms with van der Waals surface area (Å²) in [5.74, 6) is 0.946. The average molecular weight is 285 g/mol. The lowest BCUT2D eigenvalue weighted by Gasteiger charge is -2.28. The number of benzene rings is 2. The lowest BCUT2D eigenvalue weighted by molar-refractivity contribution is 0.413. The lowest BCUT2D eigenvalue weighted by atomic mass is 9.90. The molecule has 0 bridgehead atoms. The van der Waals surface area contributed by atoms with Crippen molar-refractivity contribution in [1.82, 2.24) is 5.32 Å². The fourth-order valence-electron chi connectivity index (χ4n) is 2.76. The summed E-state index contributed by atoms with van der Waals surface area (Å²) in [4.78, 5) is 1.31. The number of thioether (sulfide) groups is 1. The highest BCUT2D eigenvalue weighted by Gasteiger charge is 2.21. The van der Waals surface area contributed by atoms with Crippen molar-refractivity contribution >= 4 is 11.8 Å². The van der Waals surface area contributed by atoms with Crippen molar-refractivity contribution in [3.8, 4) is 5.75 Å². The Hall–Kier alpha value is -1.45. The maximum atomic E-state index is 5.33. The van der Waals surface area contributed by atoms with Gasteiger partial charge in [0.05, 0.1) is 13.2 Å². The largest absolute Gasteiger partial charge is 0.497 e. The third-order valence-electron chi connectivity index (χ3n) is 3.85. The van der Waals surface area contributed by atoms with Gasteiger partial charge in [0.2, 0.25) is 0 Å². The van der Waals surface area contributed by atoms with E-state index in [4.69, 9.17) is 4.74 Å². The van der Waals surface area contributed by atoms with E-state index in [1.165, 1.54) is 21.6 Å². The standard InChI is InChI=1S/C17H19NOS/c1-19-14-5-8-16-13(11-14)9-10-18-17(16)12-3-6-15(20-2)7-4-12/h3-8,11,17-18H,9-10H2,1-2H3. The number of nitrogens with one attached hydrogen (secondary N) is 1. The Kier molecular flexibility index (Phi) is 3.99. The molecule has 104 valence electrons. The van der Waals surface area contributed by atoms with E-state index in [1.54, 1.807) is 18.9 Å². The molecule has 0 fully saturated rings. The van der Waals surface area contributed by atoms with Crippen LogP contribution in [0.5, 0.6) is 5.75 Å². The summed E-state index contributed by atoms with van der Waals surface area (Å²) in [6.07, 6.45) is 3.17. The predicted molar refractivity (Wildman–Crippen MR) is 84.8 cm³/mol. The van der Waals surface area contributed by atoms with Crippen LogP contribution in [0.2, 0.25) is 0 Å². The lowest BCUT2D eigenvalue weighted by Crippen LogP contribution is -2.30. The van der Waals surface area contributed by atoms with E-state index >= 15 is 0 Å². The third-order valence-corrected chi connectivity index (χ3v) is 4.60. The molecule has 1 atom stereocenters. The summed E-state index contributed by atoms with van der Waals surface area (Å²) >= 11 is 1.78. The number of rotatable bonds is 3. The molecule has 1 heterocycles. The molecular weight excluding hydrogens is 266 g/mol. The Morgan fingerprint density at radius 2 is 1.95 bits per heavy atom. The zero-order valence-electron chi connectivity index (χ0n) is 11.8. The number of methoxy groups -OCH3 is 1. The normalized spacial score (nSPS) is 17.6. The predicted octanol–water partition coefficient (Wildman–Crippen LogP) is 3.65. The van der Waals surface area contributed by atoms with Gasteiger partial charge in [-0.2, -0.15) is 0 Å². The number of fused-ring (bicyclic) bond motifs is 1. The number of hydrogen-bond donors (Lipinski definition) is 1. The van der Waals surface area contributed by atoms with Crippen molar-refractivity contribution in [1.29, 1.82) is 0 Å². The van der Waals surface area contributed by atoms with E-state index in [9.17, 15) is 0 Å². The highest BCUT2D eigenvalue weighted by molar-refractivity contribution is 7.98. The molecule has 0 aliphatic carbocycles. The number of ether oxygens (including phenoxy) is 1. The smallest absolute Gasteiger partial charge is 0.119 e. The van der Waals surface area contributed by atoms with Gasteiger partial charge in [-0.25, -0.2) is 0 Å².